The first-order chi connectivity index (χ1) is 10.8. The lowest BCUT2D eigenvalue weighted by Gasteiger charge is -2.35. The summed E-state index contributed by atoms with van der Waals surface area (Å²) in [7, 11) is 1.53. The number of piperidine rings is 1. The highest BCUT2D eigenvalue weighted by atomic mass is 16.6. The lowest BCUT2D eigenvalue weighted by atomic mass is 10.0. The minimum Gasteiger partial charge on any atom is -0.494 e. The number of hydrogen-bond donors (Lipinski definition) is 2. The summed E-state index contributed by atoms with van der Waals surface area (Å²) in [6.45, 7) is 5.83. The monoisotopic (exact) mass is 323 g/mol. The smallest absolute Gasteiger partial charge is 0.273 e. The maximum absolute atomic E-state index is 10.9. The first-order valence-electron chi connectivity index (χ1n) is 7.83. The molecule has 0 aliphatic carbocycles. The molecule has 1 saturated heterocycles. The molecule has 1 heterocycles. The van der Waals surface area contributed by atoms with Crippen molar-refractivity contribution in [3.05, 3.63) is 28.3 Å². The zero-order chi connectivity index (χ0) is 17.0. The number of nitrogens with one attached hydrogen (secondary N) is 1. The maximum Gasteiger partial charge on any atom is 0.273 e. The second kappa shape index (κ2) is 7.14. The summed E-state index contributed by atoms with van der Waals surface area (Å²) in [6.07, 6.45) is 1.91. The van der Waals surface area contributed by atoms with Crippen LogP contribution in [0.3, 0.4) is 0 Å². The minimum absolute atomic E-state index is 0.0346. The minimum atomic E-state index is -0.710. The third kappa shape index (κ3) is 4.80. The van der Waals surface area contributed by atoms with Gasteiger partial charge in [-0.3, -0.25) is 10.1 Å². The van der Waals surface area contributed by atoms with E-state index in [4.69, 9.17) is 4.74 Å². The molecule has 2 rings (SSSR count). The summed E-state index contributed by atoms with van der Waals surface area (Å²) in [5, 5.41) is 24.0. The van der Waals surface area contributed by atoms with Gasteiger partial charge in [0.05, 0.1) is 29.4 Å². The van der Waals surface area contributed by atoms with Crippen molar-refractivity contribution in [1.82, 2.24) is 5.32 Å². The molecule has 7 nitrogen and oxygen atoms in total. The van der Waals surface area contributed by atoms with Crippen LogP contribution in [0.1, 0.15) is 26.7 Å². The molecule has 7 heteroatoms. The van der Waals surface area contributed by atoms with Crippen molar-refractivity contribution < 1.29 is 14.8 Å². The second-order valence-corrected chi connectivity index (χ2v) is 6.57. The Morgan fingerprint density at radius 1 is 1.43 bits per heavy atom. The molecule has 0 radical (unpaired) electrons. The van der Waals surface area contributed by atoms with Gasteiger partial charge >= 0.3 is 0 Å². The van der Waals surface area contributed by atoms with Crippen LogP contribution in [0.4, 0.5) is 11.4 Å². The van der Waals surface area contributed by atoms with E-state index in [1.807, 2.05) is 0 Å². The Balaban J connectivity index is 1.98. The van der Waals surface area contributed by atoms with E-state index in [0.717, 1.165) is 31.6 Å². The van der Waals surface area contributed by atoms with Crippen molar-refractivity contribution in [2.75, 3.05) is 31.6 Å². The second-order valence-electron chi connectivity index (χ2n) is 6.57. The molecule has 0 bridgehead atoms. The number of methoxy groups -OCH3 is 1. The molecule has 1 aliphatic heterocycles. The first kappa shape index (κ1) is 17.5. The van der Waals surface area contributed by atoms with Crippen molar-refractivity contribution in [1.29, 1.82) is 0 Å². The van der Waals surface area contributed by atoms with E-state index in [0.29, 0.717) is 18.3 Å². The number of ether oxygens (including phenoxy) is 1. The number of rotatable bonds is 6. The van der Waals surface area contributed by atoms with E-state index in [1.165, 1.54) is 19.2 Å². The van der Waals surface area contributed by atoms with Crippen LogP contribution in [0.15, 0.2) is 18.2 Å². The highest BCUT2D eigenvalue weighted by molar-refractivity contribution is 5.62. The average molecular weight is 323 g/mol. The van der Waals surface area contributed by atoms with Gasteiger partial charge in [-0.15, -0.1) is 0 Å². The molecule has 2 N–H and O–H groups in total. The number of non-ortho nitro benzene ring substituents is 1. The van der Waals surface area contributed by atoms with Crippen molar-refractivity contribution in [2.45, 2.75) is 38.3 Å². The summed E-state index contributed by atoms with van der Waals surface area (Å²) in [6, 6.07) is 5.10. The summed E-state index contributed by atoms with van der Waals surface area (Å²) in [5.41, 5.74) is 0.213. The SMILES string of the molecule is COc1cc([N+](=O)[O-])ccc1N1CCC(NCC(C)(C)O)CC1. The molecule has 0 unspecified atom stereocenters. The largest absolute Gasteiger partial charge is 0.494 e. The molecule has 1 aliphatic rings. The standard InChI is InChI=1S/C16H25N3O4/c1-16(2,20)11-17-12-6-8-18(9-7-12)14-5-4-13(19(21)22)10-15(14)23-3/h4-5,10,12,17,20H,6-9,11H2,1-3H3. The summed E-state index contributed by atoms with van der Waals surface area (Å²) < 4.78 is 5.31. The maximum atomic E-state index is 10.9. The fraction of sp³-hybridized carbons (Fsp3) is 0.625. The van der Waals surface area contributed by atoms with Crippen LogP contribution in [-0.4, -0.2) is 48.4 Å². The van der Waals surface area contributed by atoms with Crippen LogP contribution in [0.2, 0.25) is 0 Å². The van der Waals surface area contributed by atoms with Gasteiger partial charge in [-0.2, -0.15) is 0 Å². The van der Waals surface area contributed by atoms with Gasteiger partial charge in [0.1, 0.15) is 5.75 Å². The number of nitrogens with zero attached hydrogens (tertiary/aromatic N) is 2. The van der Waals surface area contributed by atoms with E-state index < -0.39 is 10.5 Å². The van der Waals surface area contributed by atoms with Crippen LogP contribution in [0, 0.1) is 10.1 Å². The van der Waals surface area contributed by atoms with Gasteiger partial charge in [-0.05, 0) is 32.8 Å². The molecule has 0 spiro atoms. The fourth-order valence-electron chi connectivity index (χ4n) is 2.76. The Morgan fingerprint density at radius 2 is 2.09 bits per heavy atom. The molecule has 0 saturated carbocycles. The topological polar surface area (TPSA) is 87.9 Å². The highest BCUT2D eigenvalue weighted by Gasteiger charge is 2.24. The third-order valence-corrected chi connectivity index (χ3v) is 4.03. The predicted molar refractivity (Wildman–Crippen MR) is 89.2 cm³/mol. The summed E-state index contributed by atoms with van der Waals surface area (Å²) in [4.78, 5) is 12.6. The highest BCUT2D eigenvalue weighted by Crippen LogP contribution is 2.33. The average Bonchev–Trinajstić information content (AvgIpc) is 2.52. The zero-order valence-corrected chi connectivity index (χ0v) is 13.9. The van der Waals surface area contributed by atoms with E-state index in [9.17, 15) is 15.2 Å². The molecular formula is C16H25N3O4. The van der Waals surface area contributed by atoms with Crippen molar-refractivity contribution in [3.8, 4) is 5.75 Å². The Labute approximate surface area is 136 Å². The molecule has 128 valence electrons. The summed E-state index contributed by atoms with van der Waals surface area (Å²) >= 11 is 0. The van der Waals surface area contributed by atoms with Crippen molar-refractivity contribution in [2.24, 2.45) is 0 Å². The van der Waals surface area contributed by atoms with E-state index in [2.05, 4.69) is 10.2 Å². The van der Waals surface area contributed by atoms with Gasteiger partial charge in [0, 0.05) is 31.7 Å². The Hall–Kier alpha value is -1.86. The molecule has 1 aromatic carbocycles. The number of hydrogen-bond acceptors (Lipinski definition) is 6. The molecular weight excluding hydrogens is 298 g/mol. The number of benzene rings is 1. The van der Waals surface area contributed by atoms with Gasteiger partial charge in [-0.1, -0.05) is 0 Å². The third-order valence-electron chi connectivity index (χ3n) is 4.03. The van der Waals surface area contributed by atoms with Gasteiger partial charge in [0.2, 0.25) is 0 Å². The number of nitro groups is 1. The fourth-order valence-corrected chi connectivity index (χ4v) is 2.76. The Morgan fingerprint density at radius 3 is 2.61 bits per heavy atom. The van der Waals surface area contributed by atoms with Crippen LogP contribution >= 0.6 is 0 Å². The number of aliphatic hydroxyl groups is 1. The zero-order valence-electron chi connectivity index (χ0n) is 13.9. The van der Waals surface area contributed by atoms with E-state index in [1.54, 1.807) is 19.9 Å². The van der Waals surface area contributed by atoms with Crippen LogP contribution in [-0.2, 0) is 0 Å². The van der Waals surface area contributed by atoms with E-state index >= 15 is 0 Å². The molecule has 1 fully saturated rings. The number of anilines is 1. The molecule has 23 heavy (non-hydrogen) atoms. The normalized spacial score (nSPS) is 16.4. The lowest BCUT2D eigenvalue weighted by molar-refractivity contribution is -0.384. The summed E-state index contributed by atoms with van der Waals surface area (Å²) in [5.74, 6) is 0.530. The van der Waals surface area contributed by atoms with Crippen LogP contribution in [0.5, 0.6) is 5.75 Å². The first-order valence-corrected chi connectivity index (χ1v) is 7.83. The van der Waals surface area contributed by atoms with Crippen LogP contribution in [0.25, 0.3) is 0 Å². The predicted octanol–water partition coefficient (Wildman–Crippen LogP) is 1.93. The Bertz CT molecular complexity index is 549. The lowest BCUT2D eigenvalue weighted by Crippen LogP contribution is -2.46. The number of nitro benzene ring substituents is 1. The van der Waals surface area contributed by atoms with Gasteiger partial charge in [0.15, 0.2) is 0 Å². The Kier molecular flexibility index (Phi) is 5.43. The molecule has 1 aromatic rings. The van der Waals surface area contributed by atoms with Crippen molar-refractivity contribution in [3.63, 3.8) is 0 Å². The molecule has 0 amide bonds. The molecule has 0 atom stereocenters. The van der Waals surface area contributed by atoms with Crippen LogP contribution < -0.4 is 15.0 Å². The van der Waals surface area contributed by atoms with Crippen molar-refractivity contribution >= 4 is 11.4 Å². The molecule has 0 aromatic heterocycles. The van der Waals surface area contributed by atoms with Gasteiger partial charge in [-0.25, -0.2) is 0 Å². The van der Waals surface area contributed by atoms with Gasteiger partial charge in [0.25, 0.3) is 5.69 Å². The van der Waals surface area contributed by atoms with Gasteiger partial charge < -0.3 is 20.1 Å². The quantitative estimate of drug-likeness (QED) is 0.614. The van der Waals surface area contributed by atoms with E-state index in [-0.39, 0.29) is 5.69 Å².